The third-order valence-electron chi connectivity index (χ3n) is 3.17. The highest BCUT2D eigenvalue weighted by molar-refractivity contribution is 7.09. The van der Waals surface area contributed by atoms with Crippen molar-refractivity contribution in [2.75, 3.05) is 20.7 Å². The Balaban J connectivity index is 1.85. The van der Waals surface area contributed by atoms with Gasteiger partial charge < -0.3 is 10.1 Å². The normalized spacial score (nSPS) is 11.0. The molecule has 0 spiro atoms. The molecule has 1 aromatic carbocycles. The maximum Gasteiger partial charge on any atom is 0.118 e. The van der Waals surface area contributed by atoms with Gasteiger partial charge in [-0.05, 0) is 31.3 Å². The van der Waals surface area contributed by atoms with Crippen LogP contribution >= 0.6 is 11.3 Å². The van der Waals surface area contributed by atoms with E-state index in [0.717, 1.165) is 42.6 Å². The van der Waals surface area contributed by atoms with E-state index in [1.807, 2.05) is 12.1 Å². The molecule has 4 nitrogen and oxygen atoms in total. The van der Waals surface area contributed by atoms with Crippen LogP contribution in [0.15, 0.2) is 29.6 Å². The van der Waals surface area contributed by atoms with Gasteiger partial charge in [0.2, 0.25) is 0 Å². The Labute approximate surface area is 130 Å². The largest absolute Gasteiger partial charge is 0.497 e. The summed E-state index contributed by atoms with van der Waals surface area (Å²) in [6.07, 6.45) is 0. The van der Waals surface area contributed by atoms with Gasteiger partial charge in [-0.3, -0.25) is 4.90 Å². The minimum Gasteiger partial charge on any atom is -0.497 e. The van der Waals surface area contributed by atoms with Gasteiger partial charge in [-0.25, -0.2) is 4.98 Å². The molecule has 0 fully saturated rings. The number of hydrogen-bond acceptors (Lipinski definition) is 5. The first kappa shape index (κ1) is 15.9. The van der Waals surface area contributed by atoms with Crippen LogP contribution in [0.3, 0.4) is 0 Å². The summed E-state index contributed by atoms with van der Waals surface area (Å²) in [4.78, 5) is 6.92. The van der Waals surface area contributed by atoms with Gasteiger partial charge in [0.05, 0.1) is 12.8 Å². The molecule has 0 radical (unpaired) electrons. The number of nitrogens with one attached hydrogen (secondary N) is 1. The summed E-state index contributed by atoms with van der Waals surface area (Å²) < 4.78 is 5.18. The number of ether oxygens (including phenoxy) is 1. The van der Waals surface area contributed by atoms with Gasteiger partial charge in [-0.15, -0.1) is 11.3 Å². The monoisotopic (exact) mass is 305 g/mol. The van der Waals surface area contributed by atoms with Crippen LogP contribution in [0.1, 0.15) is 23.2 Å². The van der Waals surface area contributed by atoms with E-state index in [0.29, 0.717) is 0 Å². The minimum atomic E-state index is 0.864. The van der Waals surface area contributed by atoms with E-state index in [4.69, 9.17) is 4.74 Å². The molecule has 1 heterocycles. The molecule has 2 aromatic rings. The Kier molecular flexibility index (Phi) is 6.17. The predicted molar refractivity (Wildman–Crippen MR) is 87.7 cm³/mol. The number of hydrogen-bond donors (Lipinski definition) is 1. The van der Waals surface area contributed by atoms with Gasteiger partial charge in [0, 0.05) is 25.0 Å². The van der Waals surface area contributed by atoms with Crippen molar-refractivity contribution in [1.29, 1.82) is 0 Å². The Morgan fingerprint density at radius 1 is 1.24 bits per heavy atom. The summed E-state index contributed by atoms with van der Waals surface area (Å²) in [6.45, 7) is 5.73. The third-order valence-corrected chi connectivity index (χ3v) is 4.07. The van der Waals surface area contributed by atoms with E-state index in [1.165, 1.54) is 5.56 Å². The molecule has 0 atom stereocenters. The van der Waals surface area contributed by atoms with Crippen molar-refractivity contribution in [3.8, 4) is 5.75 Å². The SMILES string of the molecule is CCNCc1nc(CN(C)Cc2ccc(OC)cc2)cs1. The molecule has 0 saturated heterocycles. The average Bonchev–Trinajstić information content (AvgIpc) is 2.93. The fraction of sp³-hybridized carbons (Fsp3) is 0.438. The molecule has 0 aliphatic heterocycles. The topological polar surface area (TPSA) is 37.4 Å². The van der Waals surface area contributed by atoms with Gasteiger partial charge in [-0.1, -0.05) is 19.1 Å². The Hall–Kier alpha value is -1.43. The van der Waals surface area contributed by atoms with E-state index in [9.17, 15) is 0 Å². The van der Waals surface area contributed by atoms with E-state index in [2.05, 4.69) is 46.7 Å². The maximum atomic E-state index is 5.18. The van der Waals surface area contributed by atoms with Crippen LogP contribution in [0.25, 0.3) is 0 Å². The van der Waals surface area contributed by atoms with Crippen LogP contribution in [-0.2, 0) is 19.6 Å². The summed E-state index contributed by atoms with van der Waals surface area (Å²) in [5, 5.41) is 6.61. The smallest absolute Gasteiger partial charge is 0.118 e. The van der Waals surface area contributed by atoms with Crippen LogP contribution in [0.4, 0.5) is 0 Å². The molecule has 5 heteroatoms. The Morgan fingerprint density at radius 2 is 2.00 bits per heavy atom. The maximum absolute atomic E-state index is 5.18. The Morgan fingerprint density at radius 3 is 2.67 bits per heavy atom. The molecule has 1 aromatic heterocycles. The summed E-state index contributed by atoms with van der Waals surface area (Å²) >= 11 is 1.73. The number of rotatable bonds is 8. The van der Waals surface area contributed by atoms with Crippen LogP contribution in [0.5, 0.6) is 5.75 Å². The van der Waals surface area contributed by atoms with Crippen molar-refractivity contribution in [3.63, 3.8) is 0 Å². The van der Waals surface area contributed by atoms with Gasteiger partial charge in [0.25, 0.3) is 0 Å². The van der Waals surface area contributed by atoms with Crippen molar-refractivity contribution in [2.45, 2.75) is 26.6 Å². The minimum absolute atomic E-state index is 0.864. The molecule has 0 amide bonds. The number of benzene rings is 1. The highest BCUT2D eigenvalue weighted by Crippen LogP contribution is 2.15. The fourth-order valence-corrected chi connectivity index (χ4v) is 2.86. The van der Waals surface area contributed by atoms with Crippen LogP contribution in [0, 0.1) is 0 Å². The Bertz CT molecular complexity index is 539. The van der Waals surface area contributed by atoms with E-state index >= 15 is 0 Å². The number of methoxy groups -OCH3 is 1. The zero-order chi connectivity index (χ0) is 15.1. The molecule has 2 rings (SSSR count). The number of nitrogens with zero attached hydrogens (tertiary/aromatic N) is 2. The predicted octanol–water partition coefficient (Wildman–Crippen LogP) is 2.89. The summed E-state index contributed by atoms with van der Waals surface area (Å²) in [5.41, 5.74) is 2.42. The quantitative estimate of drug-likeness (QED) is 0.814. The molecule has 1 N–H and O–H groups in total. The third kappa shape index (κ3) is 5.12. The molecule has 0 unspecified atom stereocenters. The van der Waals surface area contributed by atoms with Gasteiger partial charge in [0.1, 0.15) is 10.8 Å². The van der Waals surface area contributed by atoms with Gasteiger partial charge in [0.15, 0.2) is 0 Å². The zero-order valence-electron chi connectivity index (χ0n) is 12.9. The highest BCUT2D eigenvalue weighted by Gasteiger charge is 2.06. The summed E-state index contributed by atoms with van der Waals surface area (Å²) in [5.74, 6) is 0.897. The van der Waals surface area contributed by atoms with E-state index in [-0.39, 0.29) is 0 Å². The van der Waals surface area contributed by atoms with Crippen molar-refractivity contribution < 1.29 is 4.74 Å². The standard InChI is InChI=1S/C16H23N3OS/c1-4-17-9-16-18-14(12-21-16)11-19(2)10-13-5-7-15(20-3)8-6-13/h5-8,12,17H,4,9-11H2,1-3H3. The second-order valence-corrected chi connectivity index (χ2v) is 5.98. The van der Waals surface area contributed by atoms with E-state index in [1.54, 1.807) is 18.4 Å². The van der Waals surface area contributed by atoms with Crippen molar-refractivity contribution in [2.24, 2.45) is 0 Å². The van der Waals surface area contributed by atoms with Gasteiger partial charge >= 0.3 is 0 Å². The molecule has 0 saturated carbocycles. The van der Waals surface area contributed by atoms with Crippen LogP contribution < -0.4 is 10.1 Å². The summed E-state index contributed by atoms with van der Waals surface area (Å²) in [7, 11) is 3.81. The molecule has 0 aliphatic rings. The van der Waals surface area contributed by atoms with Crippen LogP contribution in [-0.4, -0.2) is 30.6 Å². The van der Waals surface area contributed by atoms with Crippen molar-refractivity contribution in [1.82, 2.24) is 15.2 Å². The lowest BCUT2D eigenvalue weighted by atomic mass is 10.2. The lowest BCUT2D eigenvalue weighted by Crippen LogP contribution is -2.17. The highest BCUT2D eigenvalue weighted by atomic mass is 32.1. The van der Waals surface area contributed by atoms with E-state index < -0.39 is 0 Å². The first-order chi connectivity index (χ1) is 10.2. The summed E-state index contributed by atoms with van der Waals surface area (Å²) in [6, 6.07) is 8.21. The molecular formula is C16H23N3OS. The molecular weight excluding hydrogens is 282 g/mol. The number of aromatic nitrogens is 1. The molecule has 0 bridgehead atoms. The average molecular weight is 305 g/mol. The lowest BCUT2D eigenvalue weighted by molar-refractivity contribution is 0.315. The molecule has 0 aliphatic carbocycles. The second-order valence-electron chi connectivity index (χ2n) is 5.03. The lowest BCUT2D eigenvalue weighted by Gasteiger charge is -2.15. The second kappa shape index (κ2) is 8.12. The first-order valence-electron chi connectivity index (χ1n) is 7.16. The molecule has 114 valence electrons. The fourth-order valence-electron chi connectivity index (χ4n) is 2.11. The first-order valence-corrected chi connectivity index (χ1v) is 8.04. The van der Waals surface area contributed by atoms with Crippen molar-refractivity contribution >= 4 is 11.3 Å². The zero-order valence-corrected chi connectivity index (χ0v) is 13.7. The van der Waals surface area contributed by atoms with Gasteiger partial charge in [-0.2, -0.15) is 0 Å². The van der Waals surface area contributed by atoms with Crippen molar-refractivity contribution in [3.05, 3.63) is 45.9 Å². The molecule has 21 heavy (non-hydrogen) atoms. The number of thiazole rings is 1. The van der Waals surface area contributed by atoms with Crippen LogP contribution in [0.2, 0.25) is 0 Å².